The van der Waals surface area contributed by atoms with Gasteiger partial charge in [0.05, 0.1) is 5.84 Å². The van der Waals surface area contributed by atoms with Gasteiger partial charge in [0.15, 0.2) is 0 Å². The molecule has 18 heavy (non-hydrogen) atoms. The minimum Gasteiger partial charge on any atom is -0.353 e. The van der Waals surface area contributed by atoms with Crippen molar-refractivity contribution in [3.8, 4) is 0 Å². The predicted molar refractivity (Wildman–Crippen MR) is 77.2 cm³/mol. The summed E-state index contributed by atoms with van der Waals surface area (Å²) in [7, 11) is 0. The average Bonchev–Trinajstić information content (AvgIpc) is 3.13. The van der Waals surface area contributed by atoms with E-state index in [-0.39, 0.29) is 0 Å². The Hall–Kier alpha value is -0.830. The molecule has 1 aromatic heterocycles. The summed E-state index contributed by atoms with van der Waals surface area (Å²) in [5.41, 5.74) is 1.38. The fraction of sp³-hybridized carbons (Fsp3) is 0.667. The second-order valence-corrected chi connectivity index (χ2v) is 6.49. The number of hydrogen-bond donors (Lipinski definition) is 1. The molecule has 1 heterocycles. The molecule has 0 atom stereocenters. The molecule has 0 spiro atoms. The fourth-order valence-corrected chi connectivity index (χ4v) is 3.65. The second-order valence-electron chi connectivity index (χ2n) is 5.71. The maximum atomic E-state index is 8.54. The Morgan fingerprint density at radius 2 is 2.00 bits per heavy atom. The molecule has 0 saturated heterocycles. The Labute approximate surface area is 114 Å². The third-order valence-electron chi connectivity index (χ3n) is 4.22. The molecule has 1 N–H and O–H groups in total. The van der Waals surface area contributed by atoms with E-state index in [2.05, 4.69) is 21.7 Å². The Kier molecular flexibility index (Phi) is 3.69. The first-order valence-electron chi connectivity index (χ1n) is 7.21. The maximum Gasteiger partial charge on any atom is 0.0995 e. The largest absolute Gasteiger partial charge is 0.353 e. The lowest BCUT2D eigenvalue weighted by Gasteiger charge is -2.32. The smallest absolute Gasteiger partial charge is 0.0995 e. The van der Waals surface area contributed by atoms with Crippen molar-refractivity contribution in [3.63, 3.8) is 0 Å². The zero-order chi connectivity index (χ0) is 12.4. The highest BCUT2D eigenvalue weighted by Gasteiger charge is 2.33. The molecular formula is C15H22N2S. The van der Waals surface area contributed by atoms with E-state index in [1.807, 2.05) is 0 Å². The van der Waals surface area contributed by atoms with Gasteiger partial charge in [-0.05, 0) is 48.1 Å². The molecule has 0 unspecified atom stereocenters. The minimum atomic E-state index is 0.540. The van der Waals surface area contributed by atoms with Gasteiger partial charge in [-0.2, -0.15) is 11.3 Å². The van der Waals surface area contributed by atoms with Crippen LogP contribution in [0.4, 0.5) is 0 Å². The number of thiophene rings is 1. The number of nitrogens with zero attached hydrogens (tertiary/aromatic N) is 1. The van der Waals surface area contributed by atoms with Crippen LogP contribution >= 0.6 is 11.3 Å². The summed E-state index contributed by atoms with van der Waals surface area (Å²) in [5.74, 6) is 1.47. The van der Waals surface area contributed by atoms with Gasteiger partial charge in [0, 0.05) is 18.5 Å². The van der Waals surface area contributed by atoms with Gasteiger partial charge in [0.25, 0.3) is 0 Å². The topological polar surface area (TPSA) is 27.1 Å². The van der Waals surface area contributed by atoms with Crippen LogP contribution in [0.1, 0.15) is 50.5 Å². The molecule has 3 rings (SSSR count). The molecule has 2 saturated carbocycles. The van der Waals surface area contributed by atoms with Crippen molar-refractivity contribution >= 4 is 17.2 Å². The van der Waals surface area contributed by atoms with Crippen molar-refractivity contribution < 1.29 is 0 Å². The molecular weight excluding hydrogens is 240 g/mol. The molecule has 0 amide bonds. The molecule has 2 nitrogen and oxygen atoms in total. The highest BCUT2D eigenvalue weighted by molar-refractivity contribution is 7.07. The Morgan fingerprint density at radius 3 is 2.61 bits per heavy atom. The zero-order valence-electron chi connectivity index (χ0n) is 10.9. The monoisotopic (exact) mass is 262 g/mol. The predicted octanol–water partition coefficient (Wildman–Crippen LogP) is 4.27. The zero-order valence-corrected chi connectivity index (χ0v) is 11.7. The van der Waals surface area contributed by atoms with Gasteiger partial charge in [-0.1, -0.05) is 19.3 Å². The second kappa shape index (κ2) is 5.43. The van der Waals surface area contributed by atoms with E-state index in [4.69, 9.17) is 5.41 Å². The molecule has 0 aromatic carbocycles. The molecule has 0 radical (unpaired) electrons. The molecule has 2 aliphatic rings. The minimum absolute atomic E-state index is 0.540. The molecule has 0 aliphatic heterocycles. The van der Waals surface area contributed by atoms with Gasteiger partial charge in [0.2, 0.25) is 0 Å². The highest BCUT2D eigenvalue weighted by atomic mass is 32.1. The lowest BCUT2D eigenvalue weighted by atomic mass is 9.88. The van der Waals surface area contributed by atoms with Gasteiger partial charge in [0.1, 0.15) is 0 Å². The number of hydrogen-bond acceptors (Lipinski definition) is 2. The van der Waals surface area contributed by atoms with E-state index in [1.165, 1.54) is 50.5 Å². The molecule has 3 heteroatoms. The van der Waals surface area contributed by atoms with Crippen LogP contribution in [-0.4, -0.2) is 16.8 Å². The number of amidine groups is 1. The van der Waals surface area contributed by atoms with Crippen molar-refractivity contribution in [3.05, 3.63) is 22.4 Å². The van der Waals surface area contributed by atoms with Crippen molar-refractivity contribution in [1.29, 1.82) is 5.41 Å². The Balaban J connectivity index is 1.66. The summed E-state index contributed by atoms with van der Waals surface area (Å²) in [4.78, 5) is 2.39. The van der Waals surface area contributed by atoms with Gasteiger partial charge in [-0.25, -0.2) is 0 Å². The van der Waals surface area contributed by atoms with Crippen molar-refractivity contribution in [2.75, 3.05) is 0 Å². The van der Waals surface area contributed by atoms with Gasteiger partial charge < -0.3 is 4.90 Å². The summed E-state index contributed by atoms with van der Waals surface area (Å²) in [5, 5.41) is 12.9. The van der Waals surface area contributed by atoms with Crippen molar-refractivity contribution in [1.82, 2.24) is 4.90 Å². The Bertz CT molecular complexity index is 389. The van der Waals surface area contributed by atoms with E-state index >= 15 is 0 Å². The maximum absolute atomic E-state index is 8.54. The normalized spacial score (nSPS) is 20.9. The van der Waals surface area contributed by atoms with Crippen LogP contribution in [0, 0.1) is 11.3 Å². The van der Waals surface area contributed by atoms with E-state index in [0.717, 1.165) is 12.4 Å². The Morgan fingerprint density at radius 1 is 1.22 bits per heavy atom. The van der Waals surface area contributed by atoms with Crippen LogP contribution in [0.5, 0.6) is 0 Å². The van der Waals surface area contributed by atoms with Crippen LogP contribution in [0.15, 0.2) is 16.8 Å². The van der Waals surface area contributed by atoms with Crippen LogP contribution in [0.25, 0.3) is 0 Å². The number of nitrogens with one attached hydrogen (secondary N) is 1. The molecule has 1 aromatic rings. The summed E-state index contributed by atoms with van der Waals surface area (Å²) in [6.45, 7) is 0.962. The van der Waals surface area contributed by atoms with E-state index in [0.29, 0.717) is 12.0 Å². The average molecular weight is 262 g/mol. The number of rotatable bonds is 4. The first-order valence-corrected chi connectivity index (χ1v) is 8.15. The van der Waals surface area contributed by atoms with Crippen LogP contribution in [0.2, 0.25) is 0 Å². The first-order chi connectivity index (χ1) is 8.84. The third-order valence-corrected chi connectivity index (χ3v) is 4.95. The quantitative estimate of drug-likeness (QED) is 0.636. The van der Waals surface area contributed by atoms with Crippen molar-refractivity contribution in [2.45, 2.75) is 57.5 Å². The summed E-state index contributed by atoms with van der Waals surface area (Å²) < 4.78 is 0. The third kappa shape index (κ3) is 2.77. The van der Waals surface area contributed by atoms with Gasteiger partial charge in [-0.15, -0.1) is 0 Å². The van der Waals surface area contributed by atoms with E-state index < -0.39 is 0 Å². The fourth-order valence-electron chi connectivity index (χ4n) is 2.99. The van der Waals surface area contributed by atoms with Gasteiger partial charge >= 0.3 is 0 Å². The summed E-state index contributed by atoms with van der Waals surface area (Å²) in [6, 6.07) is 2.87. The van der Waals surface area contributed by atoms with Crippen LogP contribution < -0.4 is 0 Å². The summed E-state index contributed by atoms with van der Waals surface area (Å²) in [6.07, 6.45) is 9.08. The molecule has 2 aliphatic carbocycles. The SMILES string of the molecule is N=C(C1CCCCC1)N(Cc1ccsc1)C1CC1. The lowest BCUT2D eigenvalue weighted by Crippen LogP contribution is -2.37. The standard InChI is InChI=1S/C15H22N2S/c16-15(13-4-2-1-3-5-13)17(14-6-7-14)10-12-8-9-18-11-12/h8-9,11,13-14,16H,1-7,10H2. The van der Waals surface area contributed by atoms with E-state index in [1.54, 1.807) is 11.3 Å². The first kappa shape index (κ1) is 12.2. The van der Waals surface area contributed by atoms with Gasteiger partial charge in [-0.3, -0.25) is 5.41 Å². The lowest BCUT2D eigenvalue weighted by molar-refractivity contribution is 0.340. The summed E-state index contributed by atoms with van der Waals surface area (Å²) >= 11 is 1.76. The van der Waals surface area contributed by atoms with Crippen molar-refractivity contribution in [2.24, 2.45) is 5.92 Å². The van der Waals surface area contributed by atoms with Crippen LogP contribution in [0.3, 0.4) is 0 Å². The molecule has 2 fully saturated rings. The van der Waals surface area contributed by atoms with Crippen LogP contribution in [-0.2, 0) is 6.54 Å². The highest BCUT2D eigenvalue weighted by Crippen LogP contribution is 2.33. The van der Waals surface area contributed by atoms with E-state index in [9.17, 15) is 0 Å². The molecule has 0 bridgehead atoms. The molecule has 98 valence electrons.